The highest BCUT2D eigenvalue weighted by molar-refractivity contribution is 7.09. The largest absolute Gasteiger partial charge is 0.490 e. The molecule has 0 fully saturated rings. The summed E-state index contributed by atoms with van der Waals surface area (Å²) in [5, 5.41) is 10.1. The third-order valence-electron chi connectivity index (χ3n) is 4.38. The van der Waals surface area contributed by atoms with Gasteiger partial charge in [-0.15, -0.1) is 11.3 Å². The predicted molar refractivity (Wildman–Crippen MR) is 122 cm³/mol. The Morgan fingerprint density at radius 3 is 2.48 bits per heavy atom. The van der Waals surface area contributed by atoms with Crippen molar-refractivity contribution in [2.75, 3.05) is 26.8 Å². The van der Waals surface area contributed by atoms with Gasteiger partial charge in [0.1, 0.15) is 0 Å². The van der Waals surface area contributed by atoms with Crippen LogP contribution in [0.25, 0.3) is 0 Å². The van der Waals surface area contributed by atoms with Crippen LogP contribution < -0.4 is 20.1 Å². The Balaban J connectivity index is 1.93. The van der Waals surface area contributed by atoms with Crippen molar-refractivity contribution in [1.29, 1.82) is 0 Å². The number of nitrogens with one attached hydrogen (secondary N) is 2. The van der Waals surface area contributed by atoms with Crippen molar-refractivity contribution in [1.82, 2.24) is 15.6 Å². The summed E-state index contributed by atoms with van der Waals surface area (Å²) in [5.41, 5.74) is 2.24. The minimum Gasteiger partial charge on any atom is -0.490 e. The minimum atomic E-state index is 0.0721. The van der Waals surface area contributed by atoms with Crippen molar-refractivity contribution < 1.29 is 9.47 Å². The molecular formula is C22H34N4O2S. The van der Waals surface area contributed by atoms with E-state index in [9.17, 15) is 0 Å². The molecule has 29 heavy (non-hydrogen) atoms. The standard InChI is InChI=1S/C22H34N4O2S/c1-7-27-19-10-9-17(13-20(19)28-8-2)16(5)25-22(23-6)24-12-11-18-14-29-21(26-18)15(3)4/h9-10,13-16H,7-8,11-12H2,1-6H3,(H2,23,24,25). The smallest absolute Gasteiger partial charge is 0.191 e. The number of nitrogens with zero attached hydrogens (tertiary/aromatic N) is 2. The van der Waals surface area contributed by atoms with E-state index < -0.39 is 0 Å². The maximum atomic E-state index is 5.74. The van der Waals surface area contributed by atoms with E-state index >= 15 is 0 Å². The second kappa shape index (κ2) is 11.7. The Bertz CT molecular complexity index is 789. The van der Waals surface area contributed by atoms with Crippen molar-refractivity contribution in [2.24, 2.45) is 4.99 Å². The molecule has 1 unspecified atom stereocenters. The lowest BCUT2D eigenvalue weighted by molar-refractivity contribution is 0.287. The summed E-state index contributed by atoms with van der Waals surface area (Å²) in [4.78, 5) is 9.03. The molecule has 0 saturated carbocycles. The average molecular weight is 419 g/mol. The Morgan fingerprint density at radius 1 is 1.14 bits per heavy atom. The molecule has 0 aliphatic heterocycles. The van der Waals surface area contributed by atoms with Crippen LogP contribution >= 0.6 is 11.3 Å². The molecule has 0 aliphatic carbocycles. The molecule has 0 radical (unpaired) electrons. The van der Waals surface area contributed by atoms with Crippen LogP contribution in [0.3, 0.4) is 0 Å². The molecule has 2 rings (SSSR count). The van der Waals surface area contributed by atoms with Gasteiger partial charge in [0.2, 0.25) is 0 Å². The first-order chi connectivity index (χ1) is 14.0. The maximum Gasteiger partial charge on any atom is 0.191 e. The molecule has 1 aromatic carbocycles. The van der Waals surface area contributed by atoms with E-state index in [-0.39, 0.29) is 6.04 Å². The molecule has 1 atom stereocenters. The molecule has 0 amide bonds. The summed E-state index contributed by atoms with van der Waals surface area (Å²) >= 11 is 1.73. The van der Waals surface area contributed by atoms with E-state index in [2.05, 4.69) is 52.8 Å². The van der Waals surface area contributed by atoms with Gasteiger partial charge in [-0.05, 0) is 38.5 Å². The van der Waals surface area contributed by atoms with Gasteiger partial charge < -0.3 is 20.1 Å². The highest BCUT2D eigenvalue weighted by Crippen LogP contribution is 2.30. The van der Waals surface area contributed by atoms with Crippen molar-refractivity contribution in [3.63, 3.8) is 0 Å². The number of hydrogen-bond acceptors (Lipinski definition) is 5. The van der Waals surface area contributed by atoms with Gasteiger partial charge in [-0.2, -0.15) is 0 Å². The Morgan fingerprint density at radius 2 is 1.86 bits per heavy atom. The van der Waals surface area contributed by atoms with Crippen molar-refractivity contribution in [3.8, 4) is 11.5 Å². The molecule has 7 heteroatoms. The normalized spacial score (nSPS) is 12.7. The highest BCUT2D eigenvalue weighted by Gasteiger charge is 2.13. The van der Waals surface area contributed by atoms with Crippen LogP contribution in [0, 0.1) is 0 Å². The van der Waals surface area contributed by atoms with E-state index in [1.807, 2.05) is 26.0 Å². The van der Waals surface area contributed by atoms with Gasteiger partial charge >= 0.3 is 0 Å². The van der Waals surface area contributed by atoms with E-state index in [1.165, 1.54) is 5.01 Å². The van der Waals surface area contributed by atoms with Crippen LogP contribution in [-0.4, -0.2) is 37.7 Å². The average Bonchev–Trinajstić information content (AvgIpc) is 3.18. The first-order valence-corrected chi connectivity index (χ1v) is 11.2. The molecule has 0 bridgehead atoms. The zero-order valence-corrected chi connectivity index (χ0v) is 19.2. The van der Waals surface area contributed by atoms with Gasteiger partial charge in [0, 0.05) is 31.3 Å². The Kier molecular flexibility index (Phi) is 9.25. The van der Waals surface area contributed by atoms with Gasteiger partial charge in [-0.1, -0.05) is 19.9 Å². The quantitative estimate of drug-likeness (QED) is 0.438. The molecule has 0 spiro atoms. The number of benzene rings is 1. The lowest BCUT2D eigenvalue weighted by atomic mass is 10.1. The first kappa shape index (κ1) is 23.0. The lowest BCUT2D eigenvalue weighted by Gasteiger charge is -2.20. The van der Waals surface area contributed by atoms with Crippen LogP contribution in [0.1, 0.15) is 62.8 Å². The van der Waals surface area contributed by atoms with Crippen molar-refractivity contribution >= 4 is 17.3 Å². The SMILES string of the molecule is CCOc1ccc(C(C)NC(=NC)NCCc2csc(C(C)C)n2)cc1OCC. The minimum absolute atomic E-state index is 0.0721. The molecule has 160 valence electrons. The molecule has 0 aliphatic rings. The van der Waals surface area contributed by atoms with Gasteiger partial charge in [0.25, 0.3) is 0 Å². The highest BCUT2D eigenvalue weighted by atomic mass is 32.1. The summed E-state index contributed by atoms with van der Waals surface area (Å²) in [7, 11) is 1.78. The molecule has 2 aromatic rings. The van der Waals surface area contributed by atoms with Crippen molar-refractivity contribution in [2.45, 2.75) is 53.0 Å². The second-order valence-corrected chi connectivity index (χ2v) is 7.91. The van der Waals surface area contributed by atoms with Gasteiger partial charge in [0.05, 0.1) is 30.0 Å². The molecule has 2 N–H and O–H groups in total. The predicted octanol–water partition coefficient (Wildman–Crippen LogP) is 4.53. The molecule has 0 saturated heterocycles. The molecular weight excluding hydrogens is 384 g/mol. The fourth-order valence-electron chi connectivity index (χ4n) is 2.83. The number of guanidine groups is 1. The molecule has 1 heterocycles. The number of ether oxygens (including phenoxy) is 2. The van der Waals surface area contributed by atoms with Crippen molar-refractivity contribution in [3.05, 3.63) is 39.8 Å². The maximum absolute atomic E-state index is 5.74. The number of hydrogen-bond donors (Lipinski definition) is 2. The Hall–Kier alpha value is -2.28. The number of thiazole rings is 1. The second-order valence-electron chi connectivity index (χ2n) is 7.02. The van der Waals surface area contributed by atoms with E-state index in [0.717, 1.165) is 41.7 Å². The van der Waals surface area contributed by atoms with E-state index in [1.54, 1.807) is 18.4 Å². The van der Waals surface area contributed by atoms with Crippen LogP contribution in [0.5, 0.6) is 11.5 Å². The van der Waals surface area contributed by atoms with Gasteiger partial charge in [0.15, 0.2) is 17.5 Å². The van der Waals surface area contributed by atoms with E-state index in [4.69, 9.17) is 9.47 Å². The molecule has 6 nitrogen and oxygen atoms in total. The Labute approximate surface area is 178 Å². The summed E-state index contributed by atoms with van der Waals surface area (Å²) in [6, 6.07) is 6.12. The van der Waals surface area contributed by atoms with Crippen LogP contribution in [0.4, 0.5) is 0 Å². The van der Waals surface area contributed by atoms with E-state index in [0.29, 0.717) is 19.1 Å². The van der Waals surface area contributed by atoms with Gasteiger partial charge in [-0.3, -0.25) is 4.99 Å². The monoisotopic (exact) mass is 418 g/mol. The third-order valence-corrected chi connectivity index (χ3v) is 5.58. The third kappa shape index (κ3) is 6.92. The summed E-state index contributed by atoms with van der Waals surface area (Å²) in [6.45, 7) is 12.4. The van der Waals surface area contributed by atoms with Crippen LogP contribution in [-0.2, 0) is 6.42 Å². The summed E-state index contributed by atoms with van der Waals surface area (Å²) in [6.07, 6.45) is 0.871. The molecule has 1 aromatic heterocycles. The number of aliphatic imine (C=N–C) groups is 1. The van der Waals surface area contributed by atoms with Crippen LogP contribution in [0.2, 0.25) is 0 Å². The topological polar surface area (TPSA) is 67.8 Å². The first-order valence-electron chi connectivity index (χ1n) is 10.3. The zero-order chi connectivity index (χ0) is 21.2. The fraction of sp³-hybridized carbons (Fsp3) is 0.545. The fourth-order valence-corrected chi connectivity index (χ4v) is 3.70. The summed E-state index contributed by atoms with van der Waals surface area (Å²) < 4.78 is 11.4. The number of rotatable bonds is 10. The van der Waals surface area contributed by atoms with Gasteiger partial charge in [-0.25, -0.2) is 4.98 Å². The summed E-state index contributed by atoms with van der Waals surface area (Å²) in [5.74, 6) is 2.79. The number of aromatic nitrogens is 1. The zero-order valence-electron chi connectivity index (χ0n) is 18.4. The van der Waals surface area contributed by atoms with Crippen LogP contribution in [0.15, 0.2) is 28.6 Å². The lowest BCUT2D eigenvalue weighted by Crippen LogP contribution is -2.39.